The molecule has 0 atom stereocenters. The Balaban J connectivity index is 2.46. The van der Waals surface area contributed by atoms with Crippen LogP contribution in [-0.2, 0) is 6.42 Å². The molecule has 1 N–H and O–H groups in total. The molecule has 0 radical (unpaired) electrons. The van der Waals surface area contributed by atoms with Gasteiger partial charge in [-0.25, -0.2) is 9.97 Å². The molecule has 2 rings (SSSR count). The second-order valence-electron chi connectivity index (χ2n) is 4.31. The third kappa shape index (κ3) is 2.84. The molecule has 0 aliphatic heterocycles. The van der Waals surface area contributed by atoms with E-state index in [4.69, 9.17) is 4.74 Å². The Bertz CT molecular complexity index is 583. The highest BCUT2D eigenvalue weighted by atomic mass is 16.5. The average molecular weight is 273 g/mol. The fourth-order valence-corrected chi connectivity index (χ4v) is 1.91. The van der Waals surface area contributed by atoms with E-state index in [1.54, 1.807) is 13.2 Å². The number of aryl methyl sites for hydroxylation is 1. The summed E-state index contributed by atoms with van der Waals surface area (Å²) >= 11 is 0. The van der Waals surface area contributed by atoms with E-state index in [-0.39, 0.29) is 0 Å². The molecule has 0 aliphatic carbocycles. The lowest BCUT2D eigenvalue weighted by Crippen LogP contribution is -2.08. The monoisotopic (exact) mass is 273 g/mol. The van der Waals surface area contributed by atoms with Crippen molar-refractivity contribution in [1.29, 1.82) is 0 Å². The van der Waals surface area contributed by atoms with Crippen LogP contribution in [0.25, 0.3) is 11.5 Å². The molecule has 0 unspecified atom stereocenters. The summed E-state index contributed by atoms with van der Waals surface area (Å²) in [4.78, 5) is 9.10. The number of hydrogen-bond acceptors (Lipinski definition) is 6. The molecule has 0 bridgehead atoms. The Morgan fingerprint density at radius 3 is 2.50 bits per heavy atom. The summed E-state index contributed by atoms with van der Waals surface area (Å²) in [7, 11) is 1.56. The van der Waals surface area contributed by atoms with Crippen molar-refractivity contribution in [2.24, 2.45) is 0 Å². The SMILES string of the molecule is CCNc1nc(-c2ccc(OC)nn2)nc(CC)c1C. The Labute approximate surface area is 118 Å². The van der Waals surface area contributed by atoms with Crippen molar-refractivity contribution in [2.75, 3.05) is 19.0 Å². The van der Waals surface area contributed by atoms with Gasteiger partial charge in [0.05, 0.1) is 7.11 Å². The van der Waals surface area contributed by atoms with Gasteiger partial charge in [-0.2, -0.15) is 0 Å². The Kier molecular flexibility index (Phi) is 4.45. The van der Waals surface area contributed by atoms with Crippen LogP contribution in [0.5, 0.6) is 5.88 Å². The summed E-state index contributed by atoms with van der Waals surface area (Å²) in [5.74, 6) is 1.91. The molecule has 0 amide bonds. The van der Waals surface area contributed by atoms with Crippen LogP contribution in [0.1, 0.15) is 25.1 Å². The van der Waals surface area contributed by atoms with Gasteiger partial charge in [0.15, 0.2) is 5.82 Å². The van der Waals surface area contributed by atoms with Gasteiger partial charge >= 0.3 is 0 Å². The summed E-state index contributed by atoms with van der Waals surface area (Å²) < 4.78 is 5.00. The zero-order valence-electron chi connectivity index (χ0n) is 12.3. The van der Waals surface area contributed by atoms with Gasteiger partial charge in [0, 0.05) is 23.9 Å². The largest absolute Gasteiger partial charge is 0.480 e. The van der Waals surface area contributed by atoms with Crippen molar-refractivity contribution in [2.45, 2.75) is 27.2 Å². The molecular weight excluding hydrogens is 254 g/mol. The van der Waals surface area contributed by atoms with Crippen LogP contribution in [0.3, 0.4) is 0 Å². The summed E-state index contributed by atoms with van der Waals surface area (Å²) in [5.41, 5.74) is 2.74. The molecule has 0 aromatic carbocycles. The normalized spacial score (nSPS) is 10.4. The number of nitrogens with one attached hydrogen (secondary N) is 1. The standard InChI is InChI=1S/C14H19N5O/c1-5-10-9(3)13(15-6-2)17-14(16-10)11-7-8-12(20-4)19-18-11/h7-8H,5-6H2,1-4H3,(H,15,16,17). The minimum absolute atomic E-state index is 0.475. The van der Waals surface area contributed by atoms with E-state index in [9.17, 15) is 0 Å². The van der Waals surface area contributed by atoms with Crippen LogP contribution in [-0.4, -0.2) is 33.8 Å². The third-order valence-electron chi connectivity index (χ3n) is 3.00. The van der Waals surface area contributed by atoms with Gasteiger partial charge in [0.25, 0.3) is 0 Å². The van der Waals surface area contributed by atoms with Crippen LogP contribution in [0.2, 0.25) is 0 Å². The number of methoxy groups -OCH3 is 1. The van der Waals surface area contributed by atoms with E-state index in [1.807, 2.05) is 19.9 Å². The maximum atomic E-state index is 5.00. The second-order valence-corrected chi connectivity index (χ2v) is 4.31. The Morgan fingerprint density at radius 2 is 1.95 bits per heavy atom. The molecule has 0 aliphatic rings. The minimum atomic E-state index is 0.475. The first-order valence-corrected chi connectivity index (χ1v) is 6.69. The van der Waals surface area contributed by atoms with E-state index in [1.165, 1.54) is 0 Å². The topological polar surface area (TPSA) is 72.8 Å². The number of hydrogen-bond donors (Lipinski definition) is 1. The van der Waals surface area contributed by atoms with Crippen LogP contribution >= 0.6 is 0 Å². The average Bonchev–Trinajstić information content (AvgIpc) is 2.49. The summed E-state index contributed by atoms with van der Waals surface area (Å²) in [6.07, 6.45) is 0.851. The summed E-state index contributed by atoms with van der Waals surface area (Å²) in [6, 6.07) is 3.57. The molecular formula is C14H19N5O. The first-order valence-electron chi connectivity index (χ1n) is 6.69. The minimum Gasteiger partial charge on any atom is -0.480 e. The van der Waals surface area contributed by atoms with Gasteiger partial charge in [-0.1, -0.05) is 6.92 Å². The molecule has 6 heteroatoms. The molecule has 6 nitrogen and oxygen atoms in total. The maximum Gasteiger partial charge on any atom is 0.233 e. The predicted molar refractivity (Wildman–Crippen MR) is 77.9 cm³/mol. The first kappa shape index (κ1) is 14.2. The lowest BCUT2D eigenvalue weighted by molar-refractivity contribution is 0.392. The van der Waals surface area contributed by atoms with Gasteiger partial charge < -0.3 is 10.1 Å². The van der Waals surface area contributed by atoms with Crippen molar-refractivity contribution in [3.63, 3.8) is 0 Å². The Hall–Kier alpha value is -2.24. The first-order chi connectivity index (χ1) is 9.69. The molecule has 0 saturated heterocycles. The zero-order valence-corrected chi connectivity index (χ0v) is 12.3. The molecule has 0 saturated carbocycles. The lowest BCUT2D eigenvalue weighted by atomic mass is 10.2. The predicted octanol–water partition coefficient (Wildman–Crippen LogP) is 2.24. The fraction of sp³-hybridized carbons (Fsp3) is 0.429. The number of rotatable bonds is 5. The van der Waals surface area contributed by atoms with Crippen molar-refractivity contribution in [3.05, 3.63) is 23.4 Å². The lowest BCUT2D eigenvalue weighted by Gasteiger charge is -2.11. The van der Waals surface area contributed by atoms with E-state index < -0.39 is 0 Å². The number of anilines is 1. The molecule has 2 aromatic heterocycles. The molecule has 2 heterocycles. The van der Waals surface area contributed by atoms with Gasteiger partial charge in [-0.05, 0) is 26.3 Å². The Morgan fingerprint density at radius 1 is 1.15 bits per heavy atom. The van der Waals surface area contributed by atoms with E-state index in [0.29, 0.717) is 17.4 Å². The maximum absolute atomic E-state index is 5.00. The smallest absolute Gasteiger partial charge is 0.233 e. The highest BCUT2D eigenvalue weighted by molar-refractivity contribution is 5.56. The van der Waals surface area contributed by atoms with Crippen LogP contribution < -0.4 is 10.1 Å². The van der Waals surface area contributed by atoms with E-state index in [2.05, 4.69) is 32.4 Å². The molecule has 2 aromatic rings. The second kappa shape index (κ2) is 6.27. The van der Waals surface area contributed by atoms with Crippen molar-refractivity contribution in [1.82, 2.24) is 20.2 Å². The van der Waals surface area contributed by atoms with Crippen molar-refractivity contribution < 1.29 is 4.74 Å². The van der Waals surface area contributed by atoms with E-state index in [0.717, 1.165) is 30.0 Å². The highest BCUT2D eigenvalue weighted by Crippen LogP contribution is 2.21. The molecule has 0 fully saturated rings. The van der Waals surface area contributed by atoms with Gasteiger partial charge in [-0.15, -0.1) is 10.2 Å². The van der Waals surface area contributed by atoms with E-state index >= 15 is 0 Å². The molecule has 0 spiro atoms. The highest BCUT2D eigenvalue weighted by Gasteiger charge is 2.12. The van der Waals surface area contributed by atoms with Crippen LogP contribution in [0.15, 0.2) is 12.1 Å². The number of aromatic nitrogens is 4. The zero-order chi connectivity index (χ0) is 14.5. The van der Waals surface area contributed by atoms with Gasteiger partial charge in [-0.3, -0.25) is 0 Å². The number of ether oxygens (including phenoxy) is 1. The van der Waals surface area contributed by atoms with Crippen molar-refractivity contribution >= 4 is 5.82 Å². The van der Waals surface area contributed by atoms with Crippen molar-refractivity contribution in [3.8, 4) is 17.4 Å². The van der Waals surface area contributed by atoms with Gasteiger partial charge in [0.2, 0.25) is 5.88 Å². The summed E-state index contributed by atoms with van der Waals surface area (Å²) in [6.45, 7) is 6.96. The summed E-state index contributed by atoms with van der Waals surface area (Å²) in [5, 5.41) is 11.3. The molecule has 20 heavy (non-hydrogen) atoms. The fourth-order valence-electron chi connectivity index (χ4n) is 1.91. The van der Waals surface area contributed by atoms with Gasteiger partial charge in [0.1, 0.15) is 11.5 Å². The van der Waals surface area contributed by atoms with Crippen LogP contribution in [0, 0.1) is 6.92 Å². The molecule has 106 valence electrons. The van der Waals surface area contributed by atoms with Crippen LogP contribution in [0.4, 0.5) is 5.82 Å². The number of nitrogens with zero attached hydrogens (tertiary/aromatic N) is 4. The third-order valence-corrected chi connectivity index (χ3v) is 3.00. The quantitative estimate of drug-likeness (QED) is 0.900.